The Morgan fingerprint density at radius 3 is 2.24 bits per heavy atom. The van der Waals surface area contributed by atoms with Crippen LogP contribution in [0.5, 0.6) is 0 Å². The number of anilines is 2. The molecule has 1 saturated heterocycles. The van der Waals surface area contributed by atoms with Crippen LogP contribution in [0, 0.1) is 0 Å². The Bertz CT molecular complexity index is 965. The van der Waals surface area contributed by atoms with Gasteiger partial charge >= 0.3 is 5.97 Å². The number of sulfone groups is 1. The minimum absolute atomic E-state index is 0.104. The summed E-state index contributed by atoms with van der Waals surface area (Å²) in [6, 6.07) is 12.7. The molecule has 0 bridgehead atoms. The van der Waals surface area contributed by atoms with Gasteiger partial charge in [-0.25, -0.2) is 13.2 Å². The summed E-state index contributed by atoms with van der Waals surface area (Å²) in [6.45, 7) is 2.60. The molecule has 0 unspecified atom stereocenters. The summed E-state index contributed by atoms with van der Waals surface area (Å²) in [5, 5.41) is 2.67. The van der Waals surface area contributed by atoms with E-state index >= 15 is 0 Å². The van der Waals surface area contributed by atoms with Crippen molar-refractivity contribution in [3.05, 3.63) is 54.1 Å². The number of nitrogens with one attached hydrogen (secondary N) is 1. The summed E-state index contributed by atoms with van der Waals surface area (Å²) in [5.41, 5.74) is 1.82. The molecule has 0 atom stereocenters. The SMILES string of the molecule is CS(=O)(=O)c1ccc(C(=O)OCC(=O)Nc2ccc(N3CCOCC3)cc2)cc1. The normalized spacial score (nSPS) is 14.3. The first-order chi connectivity index (χ1) is 13.8. The molecular weight excluding hydrogens is 396 g/mol. The molecule has 3 rings (SSSR count). The number of esters is 1. The fraction of sp³-hybridized carbons (Fsp3) is 0.300. The molecule has 1 heterocycles. The van der Waals surface area contributed by atoms with E-state index in [0.717, 1.165) is 25.0 Å². The van der Waals surface area contributed by atoms with Crippen LogP contribution in [0.25, 0.3) is 0 Å². The van der Waals surface area contributed by atoms with E-state index in [1.807, 2.05) is 12.1 Å². The van der Waals surface area contributed by atoms with Crippen molar-refractivity contribution in [1.29, 1.82) is 0 Å². The lowest BCUT2D eigenvalue weighted by Crippen LogP contribution is -2.36. The van der Waals surface area contributed by atoms with E-state index in [0.29, 0.717) is 18.9 Å². The lowest BCUT2D eigenvalue weighted by molar-refractivity contribution is -0.119. The van der Waals surface area contributed by atoms with Gasteiger partial charge in [0.25, 0.3) is 5.91 Å². The van der Waals surface area contributed by atoms with Crippen LogP contribution in [0.15, 0.2) is 53.4 Å². The first-order valence-electron chi connectivity index (χ1n) is 9.03. The molecule has 2 aromatic carbocycles. The van der Waals surface area contributed by atoms with Crippen molar-refractivity contribution >= 4 is 33.1 Å². The van der Waals surface area contributed by atoms with Crippen molar-refractivity contribution in [2.45, 2.75) is 4.90 Å². The number of amides is 1. The molecule has 9 heteroatoms. The third-order valence-corrected chi connectivity index (χ3v) is 5.51. The van der Waals surface area contributed by atoms with Crippen molar-refractivity contribution in [3.63, 3.8) is 0 Å². The van der Waals surface area contributed by atoms with Gasteiger partial charge in [0.15, 0.2) is 16.4 Å². The second-order valence-corrected chi connectivity index (χ2v) is 8.58. The highest BCUT2D eigenvalue weighted by molar-refractivity contribution is 7.90. The van der Waals surface area contributed by atoms with Gasteiger partial charge in [0, 0.05) is 30.7 Å². The zero-order valence-corrected chi connectivity index (χ0v) is 16.8. The summed E-state index contributed by atoms with van der Waals surface area (Å²) < 4.78 is 33.2. The predicted molar refractivity (Wildman–Crippen MR) is 108 cm³/mol. The van der Waals surface area contributed by atoms with Crippen LogP contribution in [0.4, 0.5) is 11.4 Å². The average molecular weight is 418 g/mol. The van der Waals surface area contributed by atoms with Crippen LogP contribution in [0.1, 0.15) is 10.4 Å². The smallest absolute Gasteiger partial charge is 0.338 e. The lowest BCUT2D eigenvalue weighted by atomic mass is 10.2. The van der Waals surface area contributed by atoms with Crippen LogP contribution in [-0.2, 0) is 24.1 Å². The minimum atomic E-state index is -3.34. The van der Waals surface area contributed by atoms with Gasteiger partial charge in [0.05, 0.1) is 23.7 Å². The van der Waals surface area contributed by atoms with Crippen molar-refractivity contribution in [1.82, 2.24) is 0 Å². The van der Waals surface area contributed by atoms with Gasteiger partial charge in [-0.05, 0) is 48.5 Å². The summed E-state index contributed by atoms with van der Waals surface area (Å²) in [6.07, 6.45) is 1.08. The van der Waals surface area contributed by atoms with E-state index in [9.17, 15) is 18.0 Å². The maximum atomic E-state index is 12.0. The summed E-state index contributed by atoms with van der Waals surface area (Å²) in [5.74, 6) is -1.17. The van der Waals surface area contributed by atoms with E-state index in [4.69, 9.17) is 9.47 Å². The molecule has 8 nitrogen and oxygen atoms in total. The number of hydrogen-bond donors (Lipinski definition) is 1. The zero-order chi connectivity index (χ0) is 20.9. The van der Waals surface area contributed by atoms with Gasteiger partial charge < -0.3 is 19.7 Å². The highest BCUT2D eigenvalue weighted by Crippen LogP contribution is 2.19. The molecule has 0 spiro atoms. The number of benzene rings is 2. The molecule has 1 N–H and O–H groups in total. The van der Waals surface area contributed by atoms with E-state index in [1.165, 1.54) is 24.3 Å². The first kappa shape index (κ1) is 20.8. The summed E-state index contributed by atoms with van der Waals surface area (Å²) >= 11 is 0. The standard InChI is InChI=1S/C20H22N2O6S/c1-29(25,26)18-8-2-15(3-9-18)20(24)28-14-19(23)21-16-4-6-17(7-5-16)22-10-12-27-13-11-22/h2-9H,10-14H2,1H3,(H,21,23). The fourth-order valence-corrected chi connectivity index (χ4v) is 3.46. The third kappa shape index (κ3) is 5.78. The number of ether oxygens (including phenoxy) is 2. The molecular formula is C20H22N2O6S. The summed E-state index contributed by atoms with van der Waals surface area (Å²) in [7, 11) is -3.34. The number of hydrogen-bond acceptors (Lipinski definition) is 7. The van der Waals surface area contributed by atoms with Gasteiger partial charge in [-0.2, -0.15) is 0 Å². The van der Waals surface area contributed by atoms with Crippen LogP contribution in [0.2, 0.25) is 0 Å². The second kappa shape index (κ2) is 9.06. The quantitative estimate of drug-likeness (QED) is 0.713. The van der Waals surface area contributed by atoms with Crippen LogP contribution >= 0.6 is 0 Å². The van der Waals surface area contributed by atoms with Gasteiger partial charge in [-0.3, -0.25) is 4.79 Å². The molecule has 0 radical (unpaired) electrons. The monoisotopic (exact) mass is 418 g/mol. The minimum Gasteiger partial charge on any atom is -0.452 e. The number of carbonyl (C=O) groups excluding carboxylic acids is 2. The van der Waals surface area contributed by atoms with Crippen molar-refractivity contribution < 1.29 is 27.5 Å². The third-order valence-electron chi connectivity index (χ3n) is 4.38. The number of carbonyl (C=O) groups is 2. The maximum absolute atomic E-state index is 12.0. The van der Waals surface area contributed by atoms with Gasteiger partial charge in [0.2, 0.25) is 0 Å². The molecule has 1 aliphatic heterocycles. The maximum Gasteiger partial charge on any atom is 0.338 e. The van der Waals surface area contributed by atoms with E-state index < -0.39 is 28.3 Å². The molecule has 2 aromatic rings. The molecule has 1 amide bonds. The highest BCUT2D eigenvalue weighted by Gasteiger charge is 2.14. The Labute approximate surface area is 169 Å². The molecule has 0 aromatic heterocycles. The van der Waals surface area contributed by atoms with Crippen molar-refractivity contribution in [2.24, 2.45) is 0 Å². The van der Waals surface area contributed by atoms with Crippen LogP contribution < -0.4 is 10.2 Å². The molecule has 154 valence electrons. The van der Waals surface area contributed by atoms with E-state index in [1.54, 1.807) is 12.1 Å². The number of nitrogens with zero attached hydrogens (tertiary/aromatic N) is 1. The molecule has 29 heavy (non-hydrogen) atoms. The van der Waals surface area contributed by atoms with Crippen LogP contribution in [-0.4, -0.2) is 59.5 Å². The van der Waals surface area contributed by atoms with Crippen molar-refractivity contribution in [2.75, 3.05) is 49.4 Å². The average Bonchev–Trinajstić information content (AvgIpc) is 2.73. The number of rotatable bonds is 6. The lowest BCUT2D eigenvalue weighted by Gasteiger charge is -2.28. The Morgan fingerprint density at radius 1 is 1.03 bits per heavy atom. The fourth-order valence-electron chi connectivity index (χ4n) is 2.83. The zero-order valence-electron chi connectivity index (χ0n) is 16.0. The molecule has 0 saturated carbocycles. The van der Waals surface area contributed by atoms with Crippen LogP contribution in [0.3, 0.4) is 0 Å². The Hall–Kier alpha value is -2.91. The Kier molecular flexibility index (Phi) is 6.50. The molecule has 0 aliphatic carbocycles. The molecule has 1 fully saturated rings. The summed E-state index contributed by atoms with van der Waals surface area (Å²) in [4.78, 5) is 26.3. The Balaban J connectivity index is 1.49. The Morgan fingerprint density at radius 2 is 1.66 bits per heavy atom. The largest absolute Gasteiger partial charge is 0.452 e. The van der Waals surface area contributed by atoms with Gasteiger partial charge in [-0.15, -0.1) is 0 Å². The van der Waals surface area contributed by atoms with Crippen molar-refractivity contribution in [3.8, 4) is 0 Å². The first-order valence-corrected chi connectivity index (χ1v) is 10.9. The highest BCUT2D eigenvalue weighted by atomic mass is 32.2. The second-order valence-electron chi connectivity index (χ2n) is 6.57. The number of morpholine rings is 1. The van der Waals surface area contributed by atoms with E-state index in [-0.39, 0.29) is 10.5 Å². The topological polar surface area (TPSA) is 102 Å². The van der Waals surface area contributed by atoms with Gasteiger partial charge in [-0.1, -0.05) is 0 Å². The van der Waals surface area contributed by atoms with E-state index in [2.05, 4.69) is 10.2 Å². The molecule has 1 aliphatic rings. The predicted octanol–water partition coefficient (Wildman–Crippen LogP) is 1.72. The van der Waals surface area contributed by atoms with Gasteiger partial charge in [0.1, 0.15) is 0 Å².